The predicted octanol–water partition coefficient (Wildman–Crippen LogP) is 3.53. The van der Waals surface area contributed by atoms with Crippen LogP contribution in [0.15, 0.2) is 12.2 Å². The Morgan fingerprint density at radius 2 is 1.91 bits per heavy atom. The van der Waals surface area contributed by atoms with Crippen LogP contribution in [0.3, 0.4) is 0 Å². The van der Waals surface area contributed by atoms with E-state index >= 15 is 0 Å². The van der Waals surface area contributed by atoms with Crippen LogP contribution in [0.5, 0.6) is 0 Å². The van der Waals surface area contributed by atoms with Crippen molar-refractivity contribution in [3.63, 3.8) is 0 Å². The lowest BCUT2D eigenvalue weighted by Crippen LogP contribution is -2.15. The molecule has 2 aliphatic rings. The van der Waals surface area contributed by atoms with Gasteiger partial charge in [0.05, 0.1) is 0 Å². The first-order valence-corrected chi connectivity index (χ1v) is 4.77. The van der Waals surface area contributed by atoms with Gasteiger partial charge in [-0.2, -0.15) is 0 Å². The third kappa shape index (κ3) is 0.816. The second-order valence-electron chi connectivity index (χ2n) is 4.95. The van der Waals surface area contributed by atoms with Gasteiger partial charge in [-0.1, -0.05) is 32.4 Å². The SMILES string of the molecule is C=C1CCCCC12CC2(C)C. The van der Waals surface area contributed by atoms with Gasteiger partial charge in [-0.25, -0.2) is 0 Å². The van der Waals surface area contributed by atoms with E-state index in [0.717, 1.165) is 0 Å². The second-order valence-corrected chi connectivity index (χ2v) is 4.95. The van der Waals surface area contributed by atoms with E-state index in [4.69, 9.17) is 0 Å². The zero-order valence-electron chi connectivity index (χ0n) is 7.74. The van der Waals surface area contributed by atoms with E-state index in [2.05, 4.69) is 20.4 Å². The Hall–Kier alpha value is -0.260. The number of allylic oxidation sites excluding steroid dienone is 1. The van der Waals surface area contributed by atoms with Gasteiger partial charge in [-0.05, 0) is 36.5 Å². The molecule has 1 spiro atoms. The third-order valence-electron chi connectivity index (χ3n) is 3.92. The van der Waals surface area contributed by atoms with Gasteiger partial charge < -0.3 is 0 Å². The molecule has 0 bridgehead atoms. The lowest BCUT2D eigenvalue weighted by molar-refractivity contribution is 0.354. The molecular formula is C11H18. The molecule has 0 aromatic heterocycles. The number of hydrogen-bond acceptors (Lipinski definition) is 0. The standard InChI is InChI=1S/C11H18/c1-9-6-4-5-7-11(9)8-10(11,2)3/h1,4-8H2,2-3H3. The van der Waals surface area contributed by atoms with E-state index in [0.29, 0.717) is 10.8 Å². The van der Waals surface area contributed by atoms with Crippen molar-refractivity contribution in [2.75, 3.05) is 0 Å². The van der Waals surface area contributed by atoms with Crippen LogP contribution >= 0.6 is 0 Å². The van der Waals surface area contributed by atoms with E-state index in [9.17, 15) is 0 Å². The second kappa shape index (κ2) is 1.91. The quantitative estimate of drug-likeness (QED) is 0.463. The lowest BCUT2D eigenvalue weighted by Gasteiger charge is -2.27. The van der Waals surface area contributed by atoms with Crippen molar-refractivity contribution < 1.29 is 0 Å². The Bertz CT molecular complexity index is 200. The van der Waals surface area contributed by atoms with E-state index in [-0.39, 0.29) is 0 Å². The lowest BCUT2D eigenvalue weighted by atomic mass is 9.77. The van der Waals surface area contributed by atoms with E-state index in [1.54, 1.807) is 5.57 Å². The normalized spacial score (nSPS) is 41.1. The number of hydrogen-bond donors (Lipinski definition) is 0. The summed E-state index contributed by atoms with van der Waals surface area (Å²) in [5.74, 6) is 0. The van der Waals surface area contributed by atoms with Crippen molar-refractivity contribution in [2.24, 2.45) is 10.8 Å². The summed E-state index contributed by atoms with van der Waals surface area (Å²) in [5.41, 5.74) is 2.73. The molecule has 0 aromatic rings. The molecule has 1 unspecified atom stereocenters. The predicted molar refractivity (Wildman–Crippen MR) is 48.4 cm³/mol. The summed E-state index contributed by atoms with van der Waals surface area (Å²) in [4.78, 5) is 0. The molecule has 0 amide bonds. The minimum Gasteiger partial charge on any atom is -0.0993 e. The molecule has 0 aliphatic heterocycles. The highest BCUT2D eigenvalue weighted by molar-refractivity contribution is 5.28. The minimum absolute atomic E-state index is 0.588. The first kappa shape index (κ1) is 7.39. The molecule has 0 heterocycles. The van der Waals surface area contributed by atoms with Crippen molar-refractivity contribution in [1.82, 2.24) is 0 Å². The number of rotatable bonds is 0. The molecule has 1 atom stereocenters. The smallest absolute Gasteiger partial charge is 0.00340 e. The fraction of sp³-hybridized carbons (Fsp3) is 0.818. The zero-order chi connectivity index (χ0) is 8.11. The molecule has 2 fully saturated rings. The molecular weight excluding hydrogens is 132 g/mol. The van der Waals surface area contributed by atoms with Crippen LogP contribution in [0.1, 0.15) is 46.0 Å². The highest BCUT2D eigenvalue weighted by Gasteiger charge is 2.61. The molecule has 0 aromatic carbocycles. The van der Waals surface area contributed by atoms with Gasteiger partial charge in [-0.3, -0.25) is 0 Å². The van der Waals surface area contributed by atoms with E-state index in [1.807, 2.05) is 0 Å². The summed E-state index contributed by atoms with van der Waals surface area (Å²) in [5, 5.41) is 0. The molecule has 11 heavy (non-hydrogen) atoms. The molecule has 0 N–H and O–H groups in total. The Balaban J connectivity index is 2.20. The fourth-order valence-corrected chi connectivity index (χ4v) is 2.92. The maximum Gasteiger partial charge on any atom is -0.00340 e. The first-order chi connectivity index (χ1) is 5.08. The van der Waals surface area contributed by atoms with Crippen molar-refractivity contribution in [1.29, 1.82) is 0 Å². The monoisotopic (exact) mass is 150 g/mol. The molecule has 0 heteroatoms. The fourth-order valence-electron chi connectivity index (χ4n) is 2.92. The molecule has 2 rings (SSSR count). The van der Waals surface area contributed by atoms with Crippen LogP contribution in [0.4, 0.5) is 0 Å². The van der Waals surface area contributed by atoms with E-state index < -0.39 is 0 Å². The van der Waals surface area contributed by atoms with Crippen LogP contribution in [0.2, 0.25) is 0 Å². The van der Waals surface area contributed by atoms with Crippen LogP contribution < -0.4 is 0 Å². The average Bonchev–Trinajstić information content (AvgIpc) is 2.45. The highest BCUT2D eigenvalue weighted by atomic mass is 14.7. The summed E-state index contributed by atoms with van der Waals surface area (Å²) in [7, 11) is 0. The minimum atomic E-state index is 0.588. The highest BCUT2D eigenvalue weighted by Crippen LogP contribution is 2.71. The molecule has 2 saturated carbocycles. The van der Waals surface area contributed by atoms with Gasteiger partial charge in [0, 0.05) is 0 Å². The molecule has 2 aliphatic carbocycles. The van der Waals surface area contributed by atoms with Crippen LogP contribution in [0.25, 0.3) is 0 Å². The largest absolute Gasteiger partial charge is 0.0993 e. The first-order valence-electron chi connectivity index (χ1n) is 4.77. The van der Waals surface area contributed by atoms with Crippen molar-refractivity contribution in [3.05, 3.63) is 12.2 Å². The average molecular weight is 150 g/mol. The van der Waals surface area contributed by atoms with Gasteiger partial charge >= 0.3 is 0 Å². The van der Waals surface area contributed by atoms with Crippen molar-refractivity contribution in [2.45, 2.75) is 46.0 Å². The Morgan fingerprint density at radius 1 is 1.27 bits per heavy atom. The molecule has 0 nitrogen and oxygen atoms in total. The summed E-state index contributed by atoms with van der Waals surface area (Å²) < 4.78 is 0. The van der Waals surface area contributed by atoms with Crippen LogP contribution in [-0.2, 0) is 0 Å². The van der Waals surface area contributed by atoms with E-state index in [1.165, 1.54) is 32.1 Å². The van der Waals surface area contributed by atoms with Crippen LogP contribution in [-0.4, -0.2) is 0 Å². The topological polar surface area (TPSA) is 0 Å². The zero-order valence-corrected chi connectivity index (χ0v) is 7.74. The summed E-state index contributed by atoms with van der Waals surface area (Å²) in [6.45, 7) is 9.01. The summed E-state index contributed by atoms with van der Waals surface area (Å²) >= 11 is 0. The van der Waals surface area contributed by atoms with Gasteiger partial charge in [0.2, 0.25) is 0 Å². The van der Waals surface area contributed by atoms with Gasteiger partial charge in [0.1, 0.15) is 0 Å². The van der Waals surface area contributed by atoms with Gasteiger partial charge in [0.15, 0.2) is 0 Å². The summed E-state index contributed by atoms with van der Waals surface area (Å²) in [6.07, 6.45) is 6.93. The maximum absolute atomic E-state index is 4.23. The third-order valence-corrected chi connectivity index (χ3v) is 3.92. The van der Waals surface area contributed by atoms with Crippen LogP contribution in [0, 0.1) is 10.8 Å². The molecule has 0 radical (unpaired) electrons. The van der Waals surface area contributed by atoms with Crippen molar-refractivity contribution in [3.8, 4) is 0 Å². The maximum atomic E-state index is 4.23. The Labute approximate surface area is 69.7 Å². The summed E-state index contributed by atoms with van der Waals surface area (Å²) in [6, 6.07) is 0. The molecule has 0 saturated heterocycles. The van der Waals surface area contributed by atoms with Gasteiger partial charge in [0.25, 0.3) is 0 Å². The van der Waals surface area contributed by atoms with Gasteiger partial charge in [-0.15, -0.1) is 0 Å². The van der Waals surface area contributed by atoms with Crippen molar-refractivity contribution >= 4 is 0 Å². The molecule has 62 valence electrons. The Kier molecular flexibility index (Phi) is 1.28. The Morgan fingerprint density at radius 3 is 2.27 bits per heavy atom.